The first-order valence-electron chi connectivity index (χ1n) is 9.73. The Hall–Kier alpha value is -3.32. The summed E-state index contributed by atoms with van der Waals surface area (Å²) in [5.41, 5.74) is 1.48. The summed E-state index contributed by atoms with van der Waals surface area (Å²) >= 11 is 0. The number of furan rings is 1. The highest BCUT2D eigenvalue weighted by atomic mass is 16.5. The van der Waals surface area contributed by atoms with Crippen LogP contribution in [0.4, 0.5) is 0 Å². The molecule has 2 amide bonds. The van der Waals surface area contributed by atoms with Crippen molar-refractivity contribution in [2.45, 2.75) is 19.5 Å². The Kier molecular flexibility index (Phi) is 7.08. The number of hydrogen-bond acceptors (Lipinski definition) is 5. The summed E-state index contributed by atoms with van der Waals surface area (Å²) in [6, 6.07) is 15.8. The van der Waals surface area contributed by atoms with Gasteiger partial charge in [0.2, 0.25) is 5.91 Å². The zero-order valence-corrected chi connectivity index (χ0v) is 17.4. The zero-order valence-electron chi connectivity index (χ0n) is 17.4. The minimum atomic E-state index is -0.712. The molecule has 0 aliphatic carbocycles. The molecule has 7 heteroatoms. The third-order valence-corrected chi connectivity index (χ3v) is 4.93. The van der Waals surface area contributed by atoms with E-state index in [4.69, 9.17) is 13.9 Å². The van der Waals surface area contributed by atoms with Crippen LogP contribution in [0, 0.1) is 0 Å². The van der Waals surface area contributed by atoms with Crippen molar-refractivity contribution in [3.8, 4) is 5.75 Å². The predicted molar refractivity (Wildman–Crippen MR) is 113 cm³/mol. The molecule has 1 atom stereocenters. The first kappa shape index (κ1) is 21.4. The summed E-state index contributed by atoms with van der Waals surface area (Å²) in [5, 5.41) is 3.71. The van der Waals surface area contributed by atoms with Crippen molar-refractivity contribution in [3.63, 3.8) is 0 Å². The van der Waals surface area contributed by atoms with E-state index < -0.39 is 6.04 Å². The maximum Gasteiger partial charge on any atom is 0.290 e. The average molecular weight is 410 g/mol. The first-order chi connectivity index (χ1) is 14.5. The highest BCUT2D eigenvalue weighted by Crippen LogP contribution is 2.21. The zero-order chi connectivity index (χ0) is 21.5. The molecule has 0 fully saturated rings. The second-order valence-electron chi connectivity index (χ2n) is 6.85. The summed E-state index contributed by atoms with van der Waals surface area (Å²) in [5.74, 6) is 0.251. The van der Waals surface area contributed by atoms with Crippen molar-refractivity contribution in [3.05, 3.63) is 65.9 Å². The van der Waals surface area contributed by atoms with Gasteiger partial charge in [-0.05, 0) is 25.1 Å². The molecular weight excluding hydrogens is 384 g/mol. The molecular formula is C23H26N2O5. The SMILES string of the molecule is COCCN(C(=O)c1cc2ccccc2o1)C(C)C(=O)NCc1ccccc1OC. The Labute approximate surface area is 175 Å². The summed E-state index contributed by atoms with van der Waals surface area (Å²) in [6.45, 7) is 2.55. The van der Waals surface area contributed by atoms with Crippen LogP contribution in [0.3, 0.4) is 0 Å². The van der Waals surface area contributed by atoms with E-state index in [9.17, 15) is 9.59 Å². The Bertz CT molecular complexity index is 981. The van der Waals surface area contributed by atoms with Crippen LogP contribution in [0.15, 0.2) is 59.0 Å². The highest BCUT2D eigenvalue weighted by Gasteiger charge is 2.28. The van der Waals surface area contributed by atoms with Crippen LogP contribution in [-0.2, 0) is 16.1 Å². The van der Waals surface area contributed by atoms with Gasteiger partial charge in [-0.1, -0.05) is 36.4 Å². The van der Waals surface area contributed by atoms with Crippen molar-refractivity contribution >= 4 is 22.8 Å². The molecule has 7 nitrogen and oxygen atoms in total. The molecule has 0 aliphatic rings. The lowest BCUT2D eigenvalue weighted by atomic mass is 10.2. The Morgan fingerprint density at radius 1 is 1.10 bits per heavy atom. The predicted octanol–water partition coefficient (Wildman–Crippen LogP) is 3.23. The fourth-order valence-corrected chi connectivity index (χ4v) is 3.21. The summed E-state index contributed by atoms with van der Waals surface area (Å²) in [6.07, 6.45) is 0. The van der Waals surface area contributed by atoms with E-state index in [0.717, 1.165) is 10.9 Å². The van der Waals surface area contributed by atoms with Gasteiger partial charge in [0.1, 0.15) is 17.4 Å². The number of carbonyl (C=O) groups excluding carboxylic acids is 2. The van der Waals surface area contributed by atoms with Gasteiger partial charge >= 0.3 is 0 Å². The number of ether oxygens (including phenoxy) is 2. The van der Waals surface area contributed by atoms with Crippen LogP contribution >= 0.6 is 0 Å². The number of methoxy groups -OCH3 is 2. The van der Waals surface area contributed by atoms with E-state index in [1.807, 2.05) is 42.5 Å². The maximum atomic E-state index is 13.1. The van der Waals surface area contributed by atoms with Crippen LogP contribution in [-0.4, -0.2) is 50.1 Å². The second-order valence-corrected chi connectivity index (χ2v) is 6.85. The number of carbonyl (C=O) groups is 2. The fourth-order valence-electron chi connectivity index (χ4n) is 3.21. The van der Waals surface area contributed by atoms with Gasteiger partial charge in [0.15, 0.2) is 5.76 Å². The van der Waals surface area contributed by atoms with E-state index in [-0.39, 0.29) is 24.1 Å². The second kappa shape index (κ2) is 9.93. The third kappa shape index (κ3) is 4.80. The van der Waals surface area contributed by atoms with Crippen molar-refractivity contribution in [1.29, 1.82) is 0 Å². The first-order valence-corrected chi connectivity index (χ1v) is 9.73. The molecule has 30 heavy (non-hydrogen) atoms. The van der Waals surface area contributed by atoms with Gasteiger partial charge in [0.05, 0.1) is 13.7 Å². The van der Waals surface area contributed by atoms with Crippen LogP contribution in [0.5, 0.6) is 5.75 Å². The van der Waals surface area contributed by atoms with Crippen molar-refractivity contribution in [1.82, 2.24) is 10.2 Å². The molecule has 0 spiro atoms. The van der Waals surface area contributed by atoms with E-state index in [1.165, 1.54) is 4.90 Å². The molecule has 2 aromatic carbocycles. The molecule has 1 N–H and O–H groups in total. The van der Waals surface area contributed by atoms with Crippen molar-refractivity contribution < 1.29 is 23.5 Å². The molecule has 1 aromatic heterocycles. The largest absolute Gasteiger partial charge is 0.496 e. The number of nitrogens with one attached hydrogen (secondary N) is 1. The van der Waals surface area contributed by atoms with E-state index >= 15 is 0 Å². The summed E-state index contributed by atoms with van der Waals surface area (Å²) in [4.78, 5) is 27.4. The van der Waals surface area contributed by atoms with E-state index in [0.29, 0.717) is 24.5 Å². The van der Waals surface area contributed by atoms with E-state index in [2.05, 4.69) is 5.32 Å². The lowest BCUT2D eigenvalue weighted by molar-refractivity contribution is -0.125. The fraction of sp³-hybridized carbons (Fsp3) is 0.304. The molecule has 0 saturated carbocycles. The molecule has 3 rings (SSSR count). The van der Waals surface area contributed by atoms with Crippen molar-refractivity contribution in [2.24, 2.45) is 0 Å². The lowest BCUT2D eigenvalue weighted by Gasteiger charge is -2.27. The smallest absolute Gasteiger partial charge is 0.290 e. The third-order valence-electron chi connectivity index (χ3n) is 4.93. The lowest BCUT2D eigenvalue weighted by Crippen LogP contribution is -2.49. The van der Waals surface area contributed by atoms with Crippen LogP contribution in [0.1, 0.15) is 23.0 Å². The van der Waals surface area contributed by atoms with Crippen LogP contribution in [0.2, 0.25) is 0 Å². The number of benzene rings is 2. The molecule has 0 radical (unpaired) electrons. The summed E-state index contributed by atoms with van der Waals surface area (Å²) < 4.78 is 16.2. The van der Waals surface area contributed by atoms with Crippen molar-refractivity contribution in [2.75, 3.05) is 27.4 Å². The van der Waals surface area contributed by atoms with E-state index in [1.54, 1.807) is 33.3 Å². The van der Waals surface area contributed by atoms with Crippen LogP contribution < -0.4 is 10.1 Å². The number of nitrogens with zero attached hydrogens (tertiary/aromatic N) is 1. The van der Waals surface area contributed by atoms with Crippen LogP contribution in [0.25, 0.3) is 11.0 Å². The molecule has 0 bridgehead atoms. The average Bonchev–Trinajstić information content (AvgIpc) is 3.22. The minimum Gasteiger partial charge on any atom is -0.496 e. The standard InChI is InChI=1S/C23H26N2O5/c1-16(22(26)24-15-18-9-5-6-10-19(18)29-3)25(12-13-28-2)23(27)21-14-17-8-4-7-11-20(17)30-21/h4-11,14,16H,12-13,15H2,1-3H3,(H,24,26). The maximum absolute atomic E-state index is 13.1. The normalized spacial score (nSPS) is 11.8. The number of fused-ring (bicyclic) bond motifs is 1. The topological polar surface area (TPSA) is 81.0 Å². The molecule has 1 heterocycles. The summed E-state index contributed by atoms with van der Waals surface area (Å²) in [7, 11) is 3.14. The molecule has 1 unspecified atom stereocenters. The molecule has 0 aliphatic heterocycles. The van der Waals surface area contributed by atoms with Gasteiger partial charge in [-0.25, -0.2) is 0 Å². The molecule has 0 saturated heterocycles. The number of rotatable bonds is 9. The number of amides is 2. The van der Waals surface area contributed by atoms with Gasteiger partial charge in [-0.2, -0.15) is 0 Å². The highest BCUT2D eigenvalue weighted by molar-refractivity contribution is 5.98. The van der Waals surface area contributed by atoms with Gasteiger partial charge in [0.25, 0.3) is 5.91 Å². The van der Waals surface area contributed by atoms with Gasteiger partial charge in [0, 0.05) is 31.1 Å². The Balaban J connectivity index is 1.74. The quantitative estimate of drug-likeness (QED) is 0.586. The van der Waals surface area contributed by atoms with Gasteiger partial charge < -0.3 is 24.1 Å². The molecule has 158 valence electrons. The minimum absolute atomic E-state index is 0.191. The Morgan fingerprint density at radius 2 is 1.83 bits per heavy atom. The van der Waals surface area contributed by atoms with Gasteiger partial charge in [-0.3, -0.25) is 9.59 Å². The monoisotopic (exact) mass is 410 g/mol. The van der Waals surface area contributed by atoms with Gasteiger partial charge in [-0.15, -0.1) is 0 Å². The number of hydrogen-bond donors (Lipinski definition) is 1. The molecule has 3 aromatic rings. The number of para-hydroxylation sites is 2. The Morgan fingerprint density at radius 3 is 2.57 bits per heavy atom.